The van der Waals surface area contributed by atoms with Crippen LogP contribution in [0, 0.1) is 0 Å². The van der Waals surface area contributed by atoms with E-state index in [-0.39, 0.29) is 17.5 Å². The van der Waals surface area contributed by atoms with E-state index in [2.05, 4.69) is 10.1 Å². The number of sulfone groups is 1. The second kappa shape index (κ2) is 10.4. The monoisotopic (exact) mass is 362 g/mol. The number of rotatable bonds is 11. The molecule has 0 radical (unpaired) electrons. The number of carbonyl (C=O) groups excluding carboxylic acids is 1. The number of aromatic nitrogens is 3. The van der Waals surface area contributed by atoms with Gasteiger partial charge in [-0.1, -0.05) is 13.3 Å². The van der Waals surface area contributed by atoms with Crippen LogP contribution >= 0.6 is 0 Å². The Morgan fingerprint density at radius 1 is 1.29 bits per heavy atom. The summed E-state index contributed by atoms with van der Waals surface area (Å²) in [5, 5.41) is 3.46. The molecular formula is C14H26N4O5S. The molecule has 0 aliphatic rings. The Kier molecular flexibility index (Phi) is 8.87. The lowest BCUT2D eigenvalue weighted by Gasteiger charge is -2.21. The van der Waals surface area contributed by atoms with Gasteiger partial charge in [-0.2, -0.15) is 4.68 Å². The van der Waals surface area contributed by atoms with Gasteiger partial charge < -0.3 is 14.4 Å². The van der Waals surface area contributed by atoms with Gasteiger partial charge in [-0.25, -0.2) is 18.2 Å². The molecule has 1 aromatic heterocycles. The summed E-state index contributed by atoms with van der Waals surface area (Å²) in [4.78, 5) is 17.8. The van der Waals surface area contributed by atoms with Crippen molar-refractivity contribution in [3.8, 4) is 0 Å². The van der Waals surface area contributed by atoms with Gasteiger partial charge in [0.25, 0.3) is 5.16 Å². The van der Waals surface area contributed by atoms with E-state index >= 15 is 0 Å². The van der Waals surface area contributed by atoms with E-state index in [0.717, 1.165) is 23.9 Å². The Labute approximate surface area is 142 Å². The number of unbranched alkanes of at least 4 members (excludes halogenated alkanes) is 1. The van der Waals surface area contributed by atoms with Crippen LogP contribution in [0.1, 0.15) is 26.7 Å². The number of carbonyl (C=O) groups is 1. The minimum absolute atomic E-state index is 0.0672. The van der Waals surface area contributed by atoms with E-state index < -0.39 is 15.9 Å². The van der Waals surface area contributed by atoms with Crippen molar-refractivity contribution in [3.63, 3.8) is 0 Å². The van der Waals surface area contributed by atoms with Crippen LogP contribution in [-0.4, -0.2) is 79.9 Å². The van der Waals surface area contributed by atoms with Crippen LogP contribution in [0.5, 0.6) is 0 Å². The average Bonchev–Trinajstić information content (AvgIpc) is 3.05. The number of nitrogens with zero attached hydrogens (tertiary/aromatic N) is 4. The average molecular weight is 362 g/mol. The Morgan fingerprint density at radius 2 is 2.04 bits per heavy atom. The van der Waals surface area contributed by atoms with E-state index in [1.807, 2.05) is 6.92 Å². The van der Waals surface area contributed by atoms with E-state index in [9.17, 15) is 13.2 Å². The minimum atomic E-state index is -3.67. The molecule has 0 saturated carbocycles. The lowest BCUT2D eigenvalue weighted by Crippen LogP contribution is -2.38. The summed E-state index contributed by atoms with van der Waals surface area (Å²) in [5.74, 6) is -0.220. The van der Waals surface area contributed by atoms with Crippen molar-refractivity contribution in [1.29, 1.82) is 0 Å². The molecule has 24 heavy (non-hydrogen) atoms. The number of hydrogen-bond acceptors (Lipinski definition) is 7. The van der Waals surface area contributed by atoms with Gasteiger partial charge in [0.05, 0.1) is 19.0 Å². The minimum Gasteiger partial charge on any atom is -0.383 e. The lowest BCUT2D eigenvalue weighted by molar-refractivity contribution is 0.147. The first-order valence-electron chi connectivity index (χ1n) is 7.96. The zero-order chi connectivity index (χ0) is 18.0. The van der Waals surface area contributed by atoms with Gasteiger partial charge in [0.2, 0.25) is 9.84 Å². The second-order valence-electron chi connectivity index (χ2n) is 5.10. The molecule has 138 valence electrons. The van der Waals surface area contributed by atoms with Crippen LogP contribution < -0.4 is 0 Å². The van der Waals surface area contributed by atoms with E-state index in [1.54, 1.807) is 18.9 Å². The highest BCUT2D eigenvalue weighted by atomic mass is 32.2. The molecule has 1 rings (SSSR count). The van der Waals surface area contributed by atoms with Crippen molar-refractivity contribution in [2.24, 2.45) is 0 Å². The Hall–Kier alpha value is -1.52. The molecule has 0 unspecified atom stereocenters. The fraction of sp³-hybridized carbons (Fsp3) is 0.786. The van der Waals surface area contributed by atoms with Crippen LogP contribution in [0.4, 0.5) is 4.79 Å². The van der Waals surface area contributed by atoms with Crippen molar-refractivity contribution in [1.82, 2.24) is 19.7 Å². The van der Waals surface area contributed by atoms with E-state index in [0.29, 0.717) is 26.3 Å². The SMILES string of the molecule is CCCCN(CCOC)C(=O)n1cnc(S(=O)(=O)CCOCC)n1. The molecule has 9 nitrogen and oxygen atoms in total. The quantitative estimate of drug-likeness (QED) is 0.536. The third-order valence-electron chi connectivity index (χ3n) is 3.26. The maximum Gasteiger partial charge on any atom is 0.346 e. The van der Waals surface area contributed by atoms with Gasteiger partial charge >= 0.3 is 6.03 Å². The summed E-state index contributed by atoms with van der Waals surface area (Å²) in [5.41, 5.74) is 0. The fourth-order valence-electron chi connectivity index (χ4n) is 1.89. The van der Waals surface area contributed by atoms with Crippen molar-refractivity contribution in [3.05, 3.63) is 6.33 Å². The molecule has 0 saturated heterocycles. The summed E-state index contributed by atoms with van der Waals surface area (Å²) in [7, 11) is -2.11. The van der Waals surface area contributed by atoms with Gasteiger partial charge in [-0.3, -0.25) is 0 Å². The summed E-state index contributed by atoms with van der Waals surface area (Å²) in [6.45, 7) is 5.65. The molecule has 1 aromatic rings. The first-order valence-corrected chi connectivity index (χ1v) is 9.61. The molecule has 0 aromatic carbocycles. The van der Waals surface area contributed by atoms with Crippen LogP contribution in [0.2, 0.25) is 0 Å². The molecule has 0 atom stereocenters. The molecule has 10 heteroatoms. The smallest absolute Gasteiger partial charge is 0.346 e. The number of ether oxygens (including phenoxy) is 2. The van der Waals surface area contributed by atoms with Gasteiger partial charge in [0.1, 0.15) is 6.33 Å². The first-order chi connectivity index (χ1) is 11.5. The summed E-state index contributed by atoms with van der Waals surface area (Å²) in [6, 6.07) is -0.417. The van der Waals surface area contributed by atoms with Gasteiger partial charge in [-0.15, -0.1) is 5.10 Å². The van der Waals surface area contributed by atoms with E-state index in [4.69, 9.17) is 9.47 Å². The van der Waals surface area contributed by atoms with Gasteiger partial charge in [0, 0.05) is 26.8 Å². The Balaban J connectivity index is 2.82. The third-order valence-corrected chi connectivity index (χ3v) is 4.71. The number of amides is 1. The number of hydrogen-bond donors (Lipinski definition) is 0. The molecule has 0 aliphatic carbocycles. The zero-order valence-corrected chi connectivity index (χ0v) is 15.3. The molecule has 0 bridgehead atoms. The first kappa shape index (κ1) is 20.5. The standard InChI is InChI=1S/C14H26N4O5S/c1-4-6-7-17(8-9-22-3)14(19)18-12-15-13(16-18)24(20,21)11-10-23-5-2/h12H,4-11H2,1-3H3. The van der Waals surface area contributed by atoms with Crippen LogP contribution in [0.15, 0.2) is 11.5 Å². The van der Waals surface area contributed by atoms with Crippen molar-refractivity contribution in [2.45, 2.75) is 31.8 Å². The van der Waals surface area contributed by atoms with Crippen LogP contribution in [0.25, 0.3) is 0 Å². The molecule has 0 spiro atoms. The van der Waals surface area contributed by atoms with Crippen LogP contribution in [0.3, 0.4) is 0 Å². The van der Waals surface area contributed by atoms with Crippen molar-refractivity contribution < 1.29 is 22.7 Å². The summed E-state index contributed by atoms with van der Waals surface area (Å²) in [6.07, 6.45) is 2.90. The fourth-order valence-corrected chi connectivity index (χ4v) is 2.83. The van der Waals surface area contributed by atoms with Crippen molar-refractivity contribution in [2.75, 3.05) is 45.8 Å². The molecule has 0 aliphatic heterocycles. The summed E-state index contributed by atoms with van der Waals surface area (Å²) >= 11 is 0. The van der Waals surface area contributed by atoms with Gasteiger partial charge in [-0.05, 0) is 13.3 Å². The maximum absolute atomic E-state index is 12.5. The topological polar surface area (TPSA) is 104 Å². The zero-order valence-electron chi connectivity index (χ0n) is 14.5. The normalized spacial score (nSPS) is 11.6. The predicted molar refractivity (Wildman–Crippen MR) is 87.7 cm³/mol. The largest absolute Gasteiger partial charge is 0.383 e. The predicted octanol–water partition coefficient (Wildman–Crippen LogP) is 0.805. The highest BCUT2D eigenvalue weighted by Crippen LogP contribution is 2.06. The number of methoxy groups -OCH3 is 1. The molecule has 0 N–H and O–H groups in total. The highest BCUT2D eigenvalue weighted by Gasteiger charge is 2.23. The van der Waals surface area contributed by atoms with E-state index in [1.165, 1.54) is 0 Å². The maximum atomic E-state index is 12.5. The second-order valence-corrected chi connectivity index (χ2v) is 7.11. The third kappa shape index (κ3) is 6.17. The molecule has 1 heterocycles. The van der Waals surface area contributed by atoms with Crippen LogP contribution in [-0.2, 0) is 19.3 Å². The molecular weight excluding hydrogens is 336 g/mol. The molecule has 1 amide bonds. The highest BCUT2D eigenvalue weighted by molar-refractivity contribution is 7.91. The molecule has 0 fully saturated rings. The lowest BCUT2D eigenvalue weighted by atomic mass is 10.3. The Morgan fingerprint density at radius 3 is 2.67 bits per heavy atom. The van der Waals surface area contributed by atoms with Gasteiger partial charge in [0.15, 0.2) is 0 Å². The van der Waals surface area contributed by atoms with Crippen molar-refractivity contribution >= 4 is 15.9 Å². The Bertz CT molecular complexity index is 594. The summed E-state index contributed by atoms with van der Waals surface area (Å²) < 4.78 is 35.2.